The molecular weight excluding hydrogens is 255 g/mol. The minimum Gasteiger partial charge on any atom is -0.353 e. The third kappa shape index (κ3) is 3.79. The van der Waals surface area contributed by atoms with Crippen molar-refractivity contribution in [3.63, 3.8) is 0 Å². The van der Waals surface area contributed by atoms with Gasteiger partial charge in [0.25, 0.3) is 0 Å². The van der Waals surface area contributed by atoms with E-state index in [-0.39, 0.29) is 23.8 Å². The summed E-state index contributed by atoms with van der Waals surface area (Å²) in [4.78, 5) is 11.8. The molecule has 1 unspecified atom stereocenters. The lowest BCUT2D eigenvalue weighted by Gasteiger charge is -2.38. The fraction of sp³-hybridized carbons (Fsp3) is 0.562. The van der Waals surface area contributed by atoms with E-state index in [1.54, 1.807) is 12.1 Å². The van der Waals surface area contributed by atoms with E-state index in [2.05, 4.69) is 10.6 Å². The van der Waals surface area contributed by atoms with E-state index in [0.717, 1.165) is 18.4 Å². The quantitative estimate of drug-likeness (QED) is 0.869. The van der Waals surface area contributed by atoms with Gasteiger partial charge < -0.3 is 10.6 Å². The molecule has 0 heterocycles. The molecule has 0 radical (unpaired) electrons. The molecule has 0 bridgehead atoms. The molecule has 4 heteroatoms. The minimum atomic E-state index is -0.184. The van der Waals surface area contributed by atoms with Crippen LogP contribution in [-0.4, -0.2) is 24.0 Å². The van der Waals surface area contributed by atoms with Crippen LogP contribution in [0.3, 0.4) is 0 Å². The van der Waals surface area contributed by atoms with Crippen LogP contribution < -0.4 is 10.6 Å². The average Bonchev–Trinajstić information content (AvgIpc) is 2.31. The Morgan fingerprint density at radius 3 is 2.60 bits per heavy atom. The van der Waals surface area contributed by atoms with Crippen molar-refractivity contribution in [3.8, 4) is 0 Å². The smallest absolute Gasteiger partial charge is 0.237 e. The maximum absolute atomic E-state index is 13.2. The molecule has 110 valence electrons. The second-order valence-electron chi connectivity index (χ2n) is 5.97. The average molecular weight is 278 g/mol. The molecule has 0 aliphatic heterocycles. The number of hydrogen-bond acceptors (Lipinski definition) is 2. The number of halogens is 1. The van der Waals surface area contributed by atoms with Crippen LogP contribution in [0.15, 0.2) is 24.3 Å². The van der Waals surface area contributed by atoms with Gasteiger partial charge in [0.15, 0.2) is 0 Å². The monoisotopic (exact) mass is 278 g/mol. The van der Waals surface area contributed by atoms with Crippen LogP contribution in [0.4, 0.5) is 4.39 Å². The highest BCUT2D eigenvalue weighted by Gasteiger charge is 2.32. The molecule has 1 aliphatic rings. The molecule has 1 aromatic rings. The van der Waals surface area contributed by atoms with E-state index in [9.17, 15) is 9.18 Å². The Morgan fingerprint density at radius 1 is 1.30 bits per heavy atom. The second-order valence-corrected chi connectivity index (χ2v) is 5.97. The zero-order chi connectivity index (χ0) is 14.7. The zero-order valence-corrected chi connectivity index (χ0v) is 12.3. The largest absolute Gasteiger partial charge is 0.353 e. The van der Waals surface area contributed by atoms with Crippen molar-refractivity contribution in [1.82, 2.24) is 10.6 Å². The summed E-state index contributed by atoms with van der Waals surface area (Å²) < 4.78 is 13.2. The molecular formula is C16H23FN2O. The summed E-state index contributed by atoms with van der Waals surface area (Å²) in [5.41, 5.74) is 1.06. The second kappa shape index (κ2) is 6.35. The van der Waals surface area contributed by atoms with E-state index in [1.165, 1.54) is 6.07 Å². The van der Waals surface area contributed by atoms with Gasteiger partial charge in [0.1, 0.15) is 5.82 Å². The highest BCUT2D eigenvalue weighted by Crippen LogP contribution is 2.37. The van der Waals surface area contributed by atoms with Gasteiger partial charge in [0.05, 0.1) is 6.04 Å². The molecule has 3 nitrogen and oxygen atoms in total. The fourth-order valence-corrected chi connectivity index (χ4v) is 2.63. The normalized spacial score (nSPS) is 23.2. The van der Waals surface area contributed by atoms with Crippen LogP contribution in [-0.2, 0) is 4.79 Å². The SMILES string of the molecule is CC(C)NC(=O)C(C)NC1CC(c2cccc(F)c2)C1. The lowest BCUT2D eigenvalue weighted by Crippen LogP contribution is -2.51. The Bertz CT molecular complexity index is 469. The van der Waals surface area contributed by atoms with Gasteiger partial charge in [0, 0.05) is 12.1 Å². The summed E-state index contributed by atoms with van der Waals surface area (Å²) in [6.45, 7) is 5.79. The third-order valence-electron chi connectivity index (χ3n) is 3.77. The van der Waals surface area contributed by atoms with Crippen molar-refractivity contribution in [2.24, 2.45) is 0 Å². The van der Waals surface area contributed by atoms with Gasteiger partial charge in [-0.05, 0) is 57.2 Å². The van der Waals surface area contributed by atoms with E-state index in [0.29, 0.717) is 12.0 Å². The van der Waals surface area contributed by atoms with Crippen LogP contribution in [0.5, 0.6) is 0 Å². The van der Waals surface area contributed by atoms with Crippen molar-refractivity contribution >= 4 is 5.91 Å². The van der Waals surface area contributed by atoms with Crippen LogP contribution >= 0.6 is 0 Å². The lowest BCUT2D eigenvalue weighted by molar-refractivity contribution is -0.123. The predicted octanol–water partition coefficient (Wildman–Crippen LogP) is 2.57. The zero-order valence-electron chi connectivity index (χ0n) is 12.3. The molecule has 20 heavy (non-hydrogen) atoms. The van der Waals surface area contributed by atoms with Crippen LogP contribution in [0.2, 0.25) is 0 Å². The topological polar surface area (TPSA) is 41.1 Å². The number of hydrogen-bond donors (Lipinski definition) is 2. The molecule has 2 rings (SSSR count). The van der Waals surface area contributed by atoms with Crippen LogP contribution in [0.1, 0.15) is 45.1 Å². The van der Waals surface area contributed by atoms with Crippen molar-refractivity contribution in [1.29, 1.82) is 0 Å². The predicted molar refractivity (Wildman–Crippen MR) is 78.0 cm³/mol. The summed E-state index contributed by atoms with van der Waals surface area (Å²) in [7, 11) is 0. The maximum atomic E-state index is 13.2. The minimum absolute atomic E-state index is 0.0363. The van der Waals surface area contributed by atoms with Gasteiger partial charge in [-0.1, -0.05) is 12.1 Å². The van der Waals surface area contributed by atoms with E-state index < -0.39 is 0 Å². The van der Waals surface area contributed by atoms with Crippen molar-refractivity contribution in [3.05, 3.63) is 35.6 Å². The molecule has 1 aromatic carbocycles. The molecule has 1 aliphatic carbocycles. The van der Waals surface area contributed by atoms with E-state index >= 15 is 0 Å². The standard InChI is InChI=1S/C16H23FN2O/c1-10(2)18-16(20)11(3)19-15-8-13(9-15)12-5-4-6-14(17)7-12/h4-7,10-11,13,15,19H,8-9H2,1-3H3,(H,18,20). The first-order valence-corrected chi connectivity index (χ1v) is 7.27. The van der Waals surface area contributed by atoms with Gasteiger partial charge in [-0.15, -0.1) is 0 Å². The molecule has 1 atom stereocenters. The number of benzene rings is 1. The lowest BCUT2D eigenvalue weighted by atomic mass is 9.75. The number of amides is 1. The summed E-state index contributed by atoms with van der Waals surface area (Å²) in [6, 6.07) is 7.12. The highest BCUT2D eigenvalue weighted by molar-refractivity contribution is 5.81. The van der Waals surface area contributed by atoms with Gasteiger partial charge in [-0.3, -0.25) is 4.79 Å². The molecule has 2 N–H and O–H groups in total. The van der Waals surface area contributed by atoms with Crippen LogP contribution in [0, 0.1) is 5.82 Å². The maximum Gasteiger partial charge on any atom is 0.237 e. The van der Waals surface area contributed by atoms with Gasteiger partial charge in [0.2, 0.25) is 5.91 Å². The molecule has 0 spiro atoms. The van der Waals surface area contributed by atoms with Gasteiger partial charge in [-0.2, -0.15) is 0 Å². The Morgan fingerprint density at radius 2 is 2.00 bits per heavy atom. The fourth-order valence-electron chi connectivity index (χ4n) is 2.63. The highest BCUT2D eigenvalue weighted by atomic mass is 19.1. The van der Waals surface area contributed by atoms with E-state index in [1.807, 2.05) is 26.8 Å². The van der Waals surface area contributed by atoms with Crippen molar-refractivity contribution in [2.45, 2.75) is 57.7 Å². The molecule has 0 saturated heterocycles. The summed E-state index contributed by atoms with van der Waals surface area (Å²) >= 11 is 0. The van der Waals surface area contributed by atoms with Gasteiger partial charge in [-0.25, -0.2) is 4.39 Å². The van der Waals surface area contributed by atoms with E-state index in [4.69, 9.17) is 0 Å². The number of rotatable bonds is 5. The first-order valence-electron chi connectivity index (χ1n) is 7.27. The molecule has 0 aromatic heterocycles. The Labute approximate surface area is 120 Å². The van der Waals surface area contributed by atoms with Gasteiger partial charge >= 0.3 is 0 Å². The Kier molecular flexibility index (Phi) is 4.76. The number of nitrogens with one attached hydrogen (secondary N) is 2. The summed E-state index contributed by atoms with van der Waals surface area (Å²) in [6.07, 6.45) is 1.92. The first-order chi connectivity index (χ1) is 9.45. The number of carbonyl (C=O) groups excluding carboxylic acids is 1. The summed E-state index contributed by atoms with van der Waals surface area (Å²) in [5, 5.41) is 6.23. The van der Waals surface area contributed by atoms with Crippen LogP contribution in [0.25, 0.3) is 0 Å². The van der Waals surface area contributed by atoms with Crippen molar-refractivity contribution in [2.75, 3.05) is 0 Å². The van der Waals surface area contributed by atoms with Crippen molar-refractivity contribution < 1.29 is 9.18 Å². The Balaban J connectivity index is 1.78. The Hall–Kier alpha value is -1.42. The first kappa shape index (κ1) is 15.0. The molecule has 1 amide bonds. The third-order valence-corrected chi connectivity index (χ3v) is 3.77. The number of carbonyl (C=O) groups is 1. The molecule has 1 fully saturated rings. The summed E-state index contributed by atoms with van der Waals surface area (Å²) in [5.74, 6) is 0.265. The molecule has 1 saturated carbocycles.